The highest BCUT2D eigenvalue weighted by Gasteiger charge is 2.24. The standard InChI is InChI=1S/C16H13N4S/c1-2-8-20-10-21-13-5-3-4-12(15(13)20)11-6-7-17-16-14(11)18-9-19-16/h2-7,9-10H,1,8H2,(H,17,18,19). The highest BCUT2D eigenvalue weighted by atomic mass is 32.2. The summed E-state index contributed by atoms with van der Waals surface area (Å²) in [4.78, 5) is 15.3. The van der Waals surface area contributed by atoms with E-state index in [0.29, 0.717) is 0 Å². The Morgan fingerprint density at radius 2 is 2.19 bits per heavy atom. The van der Waals surface area contributed by atoms with Crippen LogP contribution < -0.4 is 4.90 Å². The summed E-state index contributed by atoms with van der Waals surface area (Å²) in [5.41, 5.74) is 5.22. The molecule has 21 heavy (non-hydrogen) atoms. The van der Waals surface area contributed by atoms with Gasteiger partial charge >= 0.3 is 0 Å². The minimum absolute atomic E-state index is 0.797. The fourth-order valence-electron chi connectivity index (χ4n) is 2.64. The van der Waals surface area contributed by atoms with Crippen molar-refractivity contribution in [2.75, 3.05) is 11.4 Å². The molecule has 1 N–H and O–H groups in total. The van der Waals surface area contributed by atoms with Gasteiger partial charge in [-0.05, 0) is 12.1 Å². The molecule has 0 atom stereocenters. The molecular formula is C16H13N4S. The van der Waals surface area contributed by atoms with E-state index >= 15 is 0 Å². The maximum atomic E-state index is 4.42. The van der Waals surface area contributed by atoms with Crippen molar-refractivity contribution < 1.29 is 0 Å². The number of rotatable bonds is 3. The van der Waals surface area contributed by atoms with E-state index in [9.17, 15) is 0 Å². The zero-order valence-corrected chi connectivity index (χ0v) is 12.1. The normalized spacial score (nSPS) is 13.6. The lowest BCUT2D eigenvalue weighted by molar-refractivity contribution is 1.07. The number of anilines is 1. The smallest absolute Gasteiger partial charge is 0.157 e. The number of aromatic nitrogens is 3. The molecule has 3 heterocycles. The SMILES string of the molecule is C=CCN1[CH]Sc2cccc(-c3ccnc4[nH]cnc34)c21. The van der Waals surface area contributed by atoms with E-state index in [1.165, 1.54) is 16.1 Å². The van der Waals surface area contributed by atoms with Gasteiger partial charge in [0.05, 0.1) is 12.0 Å². The monoisotopic (exact) mass is 293 g/mol. The van der Waals surface area contributed by atoms with Gasteiger partial charge in [0.1, 0.15) is 11.4 Å². The Bertz CT molecular complexity index is 824. The number of nitrogens with zero attached hydrogens (tertiary/aromatic N) is 3. The van der Waals surface area contributed by atoms with Crippen LogP contribution in [0.5, 0.6) is 0 Å². The Labute approximate surface area is 126 Å². The number of imidazole rings is 1. The molecule has 0 amide bonds. The largest absolute Gasteiger partial charge is 0.351 e. The number of hydrogen-bond acceptors (Lipinski definition) is 4. The van der Waals surface area contributed by atoms with Crippen LogP contribution in [0.2, 0.25) is 0 Å². The fourth-order valence-corrected chi connectivity index (χ4v) is 3.57. The second-order valence-corrected chi connectivity index (χ2v) is 5.66. The molecule has 0 spiro atoms. The predicted octanol–water partition coefficient (Wildman–Crippen LogP) is 3.84. The molecule has 0 saturated heterocycles. The number of aromatic amines is 1. The molecule has 1 aromatic carbocycles. The predicted molar refractivity (Wildman–Crippen MR) is 87.0 cm³/mol. The van der Waals surface area contributed by atoms with Crippen molar-refractivity contribution in [3.8, 4) is 11.1 Å². The molecule has 0 fully saturated rings. The molecule has 0 saturated carbocycles. The van der Waals surface area contributed by atoms with Gasteiger partial charge in [0, 0.05) is 28.8 Å². The first kappa shape index (κ1) is 12.5. The Morgan fingerprint density at radius 1 is 1.24 bits per heavy atom. The summed E-state index contributed by atoms with van der Waals surface area (Å²) in [7, 11) is 0. The summed E-state index contributed by atoms with van der Waals surface area (Å²) in [6.45, 7) is 4.64. The summed E-state index contributed by atoms with van der Waals surface area (Å²) in [6, 6.07) is 8.39. The first-order chi connectivity index (χ1) is 10.4. The summed E-state index contributed by atoms with van der Waals surface area (Å²) < 4.78 is 0. The van der Waals surface area contributed by atoms with E-state index in [2.05, 4.69) is 50.5 Å². The van der Waals surface area contributed by atoms with Crippen LogP contribution in [0.25, 0.3) is 22.3 Å². The van der Waals surface area contributed by atoms with Crippen LogP contribution in [-0.4, -0.2) is 21.5 Å². The molecular weight excluding hydrogens is 280 g/mol. The Balaban J connectivity index is 1.96. The Kier molecular flexibility index (Phi) is 2.93. The van der Waals surface area contributed by atoms with Gasteiger partial charge in [0.2, 0.25) is 0 Å². The van der Waals surface area contributed by atoms with Crippen LogP contribution in [0.1, 0.15) is 0 Å². The molecule has 5 heteroatoms. The zero-order chi connectivity index (χ0) is 14.2. The van der Waals surface area contributed by atoms with Gasteiger partial charge in [0.15, 0.2) is 5.65 Å². The summed E-state index contributed by atoms with van der Waals surface area (Å²) >= 11 is 1.74. The summed E-state index contributed by atoms with van der Waals surface area (Å²) in [5.74, 6) is 2.14. The molecule has 103 valence electrons. The van der Waals surface area contributed by atoms with Crippen molar-refractivity contribution in [1.29, 1.82) is 0 Å². The third-order valence-electron chi connectivity index (χ3n) is 3.53. The number of pyridine rings is 1. The van der Waals surface area contributed by atoms with Gasteiger partial charge in [0.25, 0.3) is 0 Å². The number of benzene rings is 1. The molecule has 0 bridgehead atoms. The lowest BCUT2D eigenvalue weighted by Gasteiger charge is -2.19. The van der Waals surface area contributed by atoms with Crippen LogP contribution >= 0.6 is 11.8 Å². The average molecular weight is 293 g/mol. The van der Waals surface area contributed by atoms with Crippen molar-refractivity contribution in [2.24, 2.45) is 0 Å². The van der Waals surface area contributed by atoms with E-state index in [4.69, 9.17) is 0 Å². The minimum atomic E-state index is 0.797. The molecule has 1 aliphatic rings. The van der Waals surface area contributed by atoms with Crippen molar-refractivity contribution >= 4 is 28.6 Å². The average Bonchev–Trinajstić information content (AvgIpc) is 3.14. The fraction of sp³-hybridized carbons (Fsp3) is 0.0625. The Hall–Kier alpha value is -2.27. The number of nitrogens with one attached hydrogen (secondary N) is 1. The number of para-hydroxylation sites is 1. The topological polar surface area (TPSA) is 44.8 Å². The lowest BCUT2D eigenvalue weighted by Crippen LogP contribution is -2.15. The van der Waals surface area contributed by atoms with Gasteiger partial charge in [-0.25, -0.2) is 9.97 Å². The molecule has 4 nitrogen and oxygen atoms in total. The van der Waals surface area contributed by atoms with E-state index in [1.54, 1.807) is 18.1 Å². The van der Waals surface area contributed by atoms with Gasteiger partial charge in [-0.3, -0.25) is 0 Å². The first-order valence-electron chi connectivity index (χ1n) is 6.67. The van der Waals surface area contributed by atoms with Crippen LogP contribution in [0.4, 0.5) is 5.69 Å². The maximum absolute atomic E-state index is 4.42. The minimum Gasteiger partial charge on any atom is -0.351 e. The third-order valence-corrected chi connectivity index (χ3v) is 4.47. The second-order valence-electron chi connectivity index (χ2n) is 4.77. The molecule has 1 radical (unpaired) electrons. The van der Waals surface area contributed by atoms with Crippen molar-refractivity contribution in [1.82, 2.24) is 15.0 Å². The van der Waals surface area contributed by atoms with Crippen LogP contribution in [0, 0.1) is 5.88 Å². The van der Waals surface area contributed by atoms with Gasteiger partial charge in [-0.15, -0.1) is 6.58 Å². The molecule has 3 aromatic rings. The summed E-state index contributed by atoms with van der Waals surface area (Å²) in [6.07, 6.45) is 5.42. The van der Waals surface area contributed by atoms with Crippen LogP contribution in [0.3, 0.4) is 0 Å². The molecule has 4 rings (SSSR count). The van der Waals surface area contributed by atoms with Crippen LogP contribution in [-0.2, 0) is 0 Å². The highest BCUT2D eigenvalue weighted by Crippen LogP contribution is 2.47. The number of fused-ring (bicyclic) bond motifs is 2. The molecule has 0 aliphatic carbocycles. The first-order valence-corrected chi connectivity index (χ1v) is 7.55. The van der Waals surface area contributed by atoms with Gasteiger partial charge < -0.3 is 9.88 Å². The van der Waals surface area contributed by atoms with Gasteiger partial charge in [-0.1, -0.05) is 30.0 Å². The Morgan fingerprint density at radius 3 is 3.10 bits per heavy atom. The van der Waals surface area contributed by atoms with Crippen LogP contribution in [0.15, 0.2) is 54.3 Å². The lowest BCUT2D eigenvalue weighted by atomic mass is 10.0. The van der Waals surface area contributed by atoms with Crippen molar-refractivity contribution in [3.05, 3.63) is 55.3 Å². The number of H-pyrrole nitrogens is 1. The maximum Gasteiger partial charge on any atom is 0.157 e. The van der Waals surface area contributed by atoms with Gasteiger partial charge in [-0.2, -0.15) is 0 Å². The van der Waals surface area contributed by atoms with Crippen molar-refractivity contribution in [3.63, 3.8) is 0 Å². The third kappa shape index (κ3) is 1.93. The van der Waals surface area contributed by atoms with E-state index in [0.717, 1.165) is 23.3 Å². The van der Waals surface area contributed by atoms with E-state index in [-0.39, 0.29) is 0 Å². The molecule has 2 aromatic heterocycles. The number of hydrogen-bond donors (Lipinski definition) is 1. The van der Waals surface area contributed by atoms with E-state index < -0.39 is 0 Å². The molecule has 1 aliphatic heterocycles. The zero-order valence-electron chi connectivity index (χ0n) is 11.3. The van der Waals surface area contributed by atoms with Crippen molar-refractivity contribution in [2.45, 2.75) is 4.90 Å². The second kappa shape index (κ2) is 4.93. The van der Waals surface area contributed by atoms with E-state index in [1.807, 2.05) is 18.3 Å². The number of thioether (sulfide) groups is 1. The highest BCUT2D eigenvalue weighted by molar-refractivity contribution is 8.01. The quantitative estimate of drug-likeness (QED) is 0.745. The molecule has 0 unspecified atom stereocenters. The summed E-state index contributed by atoms with van der Waals surface area (Å²) in [5, 5.41) is 0.